The third kappa shape index (κ3) is 2320. The zero-order valence-corrected chi connectivity index (χ0v) is 5.33. The molecule has 0 aliphatic rings. The number of carbonyl (C=O) groups is 1. The van der Waals surface area contributed by atoms with Gasteiger partial charge in [0.2, 0.25) is 0 Å². The van der Waals surface area contributed by atoms with Crippen LogP contribution in [0.5, 0.6) is 0 Å². The fourth-order valence-corrected chi connectivity index (χ4v) is 0. The number of hydrogen-bond acceptors (Lipinski definition) is 1. The van der Waals surface area contributed by atoms with Crippen LogP contribution in [0.4, 0.5) is 0 Å². The molecule has 0 aromatic carbocycles. The molecule has 42 valence electrons. The van der Waals surface area contributed by atoms with E-state index in [1.54, 1.807) is 0 Å². The Morgan fingerprint density at radius 2 is 1.67 bits per heavy atom. The summed E-state index contributed by atoms with van der Waals surface area (Å²) in [6, 6.07) is 0. The van der Waals surface area contributed by atoms with Crippen molar-refractivity contribution in [2.75, 3.05) is 0 Å². The summed E-state index contributed by atoms with van der Waals surface area (Å²) in [6.45, 7) is 1.08. The predicted molar refractivity (Wildman–Crippen MR) is 21.1 cm³/mol. The van der Waals surface area contributed by atoms with E-state index in [0.29, 0.717) is 0 Å². The summed E-state index contributed by atoms with van der Waals surface area (Å²) in [7, 11) is 0. The summed E-state index contributed by atoms with van der Waals surface area (Å²) in [5.41, 5.74) is 0. The molecule has 0 atom stereocenters. The van der Waals surface area contributed by atoms with Crippen LogP contribution in [0.2, 0.25) is 0 Å². The van der Waals surface area contributed by atoms with Crippen molar-refractivity contribution in [2.45, 2.75) is 6.92 Å². The third-order valence-electron chi connectivity index (χ3n) is 0. The number of hydrogen-bond donors (Lipinski definition) is 1. The van der Waals surface area contributed by atoms with E-state index in [2.05, 4.69) is 0 Å². The maximum atomic E-state index is 9.00. The van der Waals surface area contributed by atoms with Crippen LogP contribution in [0.15, 0.2) is 0 Å². The van der Waals surface area contributed by atoms with Gasteiger partial charge in [0.25, 0.3) is 5.97 Å². The molecule has 2 nitrogen and oxygen atoms in total. The summed E-state index contributed by atoms with van der Waals surface area (Å²) in [5, 5.41) is 7.42. The maximum absolute atomic E-state index is 9.00. The number of carboxylic acids is 1. The Hall–Kier alpha value is 0.132. The number of aliphatic carboxylic acids is 1. The van der Waals surface area contributed by atoms with Crippen molar-refractivity contribution >= 4 is 5.97 Å². The zero-order valence-electron chi connectivity index (χ0n) is 3.69. The molecular formula is C3H8O2Pd. The normalized spacial score (nSPS) is 4.17. The molecule has 0 fully saturated rings. The van der Waals surface area contributed by atoms with Crippen LogP contribution in [0.1, 0.15) is 6.92 Å². The molecule has 6 heavy (non-hydrogen) atoms. The Morgan fingerprint density at radius 3 is 1.67 bits per heavy atom. The molecule has 0 unspecified atom stereocenters. The van der Waals surface area contributed by atoms with Gasteiger partial charge < -0.3 is 12.5 Å². The van der Waals surface area contributed by atoms with E-state index in [-0.39, 0.29) is 27.8 Å². The molecule has 0 aliphatic heterocycles. The van der Waals surface area contributed by atoms with E-state index in [9.17, 15) is 0 Å². The topological polar surface area (TPSA) is 37.3 Å². The second kappa shape index (κ2) is 8.93. The minimum atomic E-state index is -0.833. The van der Waals surface area contributed by atoms with Gasteiger partial charge >= 0.3 is 20.4 Å². The summed E-state index contributed by atoms with van der Waals surface area (Å²) in [6.07, 6.45) is 0. The predicted octanol–water partition coefficient (Wildman–Crippen LogP) is 0.271. The standard InChI is InChI=1S/C2H4O2.CH3.Pd.H/c1-2(3)4;;;/h1H3,(H,3,4);1H3;;/q;-1;+1;. The molecule has 0 heterocycles. The average molecular weight is 183 g/mol. The molecule has 0 rings (SSSR count). The molecule has 1 N–H and O–H groups in total. The van der Waals surface area contributed by atoms with E-state index in [0.717, 1.165) is 6.92 Å². The Labute approximate surface area is 51.2 Å². The average Bonchev–Trinajstić information content (AvgIpc) is 0.811. The van der Waals surface area contributed by atoms with Crippen molar-refractivity contribution in [3.63, 3.8) is 0 Å². The second-order valence-corrected chi connectivity index (χ2v) is 0.519. The molecule has 0 aliphatic carbocycles. The third-order valence-corrected chi connectivity index (χ3v) is 0. The molecule has 0 aromatic heterocycles. The van der Waals surface area contributed by atoms with E-state index in [1.807, 2.05) is 0 Å². The van der Waals surface area contributed by atoms with Gasteiger partial charge in [-0.25, -0.2) is 0 Å². The quantitative estimate of drug-likeness (QED) is 0.431. The van der Waals surface area contributed by atoms with E-state index >= 15 is 0 Å². The van der Waals surface area contributed by atoms with Gasteiger partial charge in [0, 0.05) is 6.92 Å². The zero-order chi connectivity index (χ0) is 3.58. The number of rotatable bonds is 0. The van der Waals surface area contributed by atoms with Crippen molar-refractivity contribution in [2.24, 2.45) is 0 Å². The van der Waals surface area contributed by atoms with Crippen LogP contribution in [0, 0.1) is 7.43 Å². The van der Waals surface area contributed by atoms with E-state index in [4.69, 9.17) is 9.90 Å². The Balaban J connectivity index is -0.0000000450. The first-order chi connectivity index (χ1) is 1.73. The van der Waals surface area contributed by atoms with Gasteiger partial charge in [-0.05, 0) is 0 Å². The summed E-state index contributed by atoms with van der Waals surface area (Å²) >= 11 is 0. The van der Waals surface area contributed by atoms with Crippen LogP contribution < -0.4 is 0 Å². The number of carboxylic acid groups (broad SMARTS) is 1. The molecular weight excluding hydrogens is 174 g/mol. The fraction of sp³-hybridized carbons (Fsp3) is 0.333. The van der Waals surface area contributed by atoms with Crippen molar-refractivity contribution in [1.29, 1.82) is 0 Å². The van der Waals surface area contributed by atoms with Crippen LogP contribution in [-0.2, 0) is 25.2 Å². The van der Waals surface area contributed by atoms with Gasteiger partial charge in [-0.2, -0.15) is 0 Å². The molecule has 0 saturated heterocycles. The van der Waals surface area contributed by atoms with Crippen molar-refractivity contribution in [3.05, 3.63) is 7.43 Å². The van der Waals surface area contributed by atoms with Crippen LogP contribution in [0.3, 0.4) is 0 Å². The summed E-state index contributed by atoms with van der Waals surface area (Å²) in [4.78, 5) is 9.00. The first-order valence-electron chi connectivity index (χ1n) is 0.928. The van der Waals surface area contributed by atoms with Crippen LogP contribution in [0.25, 0.3) is 0 Å². The van der Waals surface area contributed by atoms with Crippen molar-refractivity contribution in [1.82, 2.24) is 0 Å². The molecule has 0 aromatic rings. The van der Waals surface area contributed by atoms with Gasteiger partial charge in [0.05, 0.1) is 0 Å². The summed E-state index contributed by atoms with van der Waals surface area (Å²) < 4.78 is 0. The van der Waals surface area contributed by atoms with Gasteiger partial charge in [0.15, 0.2) is 0 Å². The molecule has 0 bridgehead atoms. The fourth-order valence-electron chi connectivity index (χ4n) is 0. The van der Waals surface area contributed by atoms with E-state index < -0.39 is 5.97 Å². The second-order valence-electron chi connectivity index (χ2n) is 0.519. The first kappa shape index (κ1) is 16.5. The van der Waals surface area contributed by atoms with Gasteiger partial charge in [-0.3, -0.25) is 4.79 Å². The van der Waals surface area contributed by atoms with Gasteiger partial charge in [0.1, 0.15) is 0 Å². The minimum absolute atomic E-state index is 0. The van der Waals surface area contributed by atoms with E-state index in [1.165, 1.54) is 0 Å². The summed E-state index contributed by atoms with van der Waals surface area (Å²) in [5.74, 6) is -0.833. The molecule has 1 radical (unpaired) electrons. The molecule has 0 spiro atoms. The Kier molecular flexibility index (Phi) is 24.5. The van der Waals surface area contributed by atoms with Crippen molar-refractivity contribution in [3.8, 4) is 0 Å². The van der Waals surface area contributed by atoms with Crippen LogP contribution in [-0.4, -0.2) is 11.1 Å². The molecule has 0 amide bonds. The first-order valence-corrected chi connectivity index (χ1v) is 0.928. The molecule has 3 heteroatoms. The van der Waals surface area contributed by atoms with Crippen molar-refractivity contribution < 1.29 is 30.3 Å². The Morgan fingerprint density at radius 1 is 1.67 bits per heavy atom. The van der Waals surface area contributed by atoms with Gasteiger partial charge in [-0.1, -0.05) is 0 Å². The van der Waals surface area contributed by atoms with Crippen LogP contribution >= 0.6 is 0 Å². The monoisotopic (exact) mass is 182 g/mol. The van der Waals surface area contributed by atoms with Gasteiger partial charge in [-0.15, -0.1) is 0 Å². The Bertz CT molecular complexity index is 31.8. The molecule has 0 saturated carbocycles. The SMILES string of the molecule is CC(=O)O.[CH3-].[PdH+].